The van der Waals surface area contributed by atoms with Crippen molar-refractivity contribution in [2.24, 2.45) is 0 Å². The lowest BCUT2D eigenvalue weighted by Gasteiger charge is -2.18. The highest BCUT2D eigenvalue weighted by Crippen LogP contribution is 2.29. The third-order valence-corrected chi connectivity index (χ3v) is 3.34. The number of nitrogens with zero attached hydrogens (tertiary/aromatic N) is 1. The van der Waals surface area contributed by atoms with Crippen LogP contribution in [0.25, 0.3) is 0 Å². The monoisotopic (exact) mass is 346 g/mol. The van der Waals surface area contributed by atoms with E-state index < -0.39 is 24.1 Å². The number of anilines is 1. The average Bonchev–Trinajstić information content (AvgIpc) is 2.85. The molecule has 0 aliphatic carbocycles. The summed E-state index contributed by atoms with van der Waals surface area (Å²) in [6.45, 7) is 2.26. The Kier molecular flexibility index (Phi) is 5.66. The molecule has 132 valence electrons. The Labute approximate surface area is 136 Å². The number of alkyl halides is 3. The van der Waals surface area contributed by atoms with E-state index in [0.29, 0.717) is 13.0 Å². The summed E-state index contributed by atoms with van der Waals surface area (Å²) in [6, 6.07) is 4.44. The summed E-state index contributed by atoms with van der Waals surface area (Å²) in [7, 11) is 0. The van der Waals surface area contributed by atoms with Crippen LogP contribution in [0.3, 0.4) is 0 Å². The molecule has 0 radical (unpaired) electrons. The highest BCUT2D eigenvalue weighted by atomic mass is 19.4. The number of ether oxygens (including phenoxy) is 2. The van der Waals surface area contributed by atoms with Crippen molar-refractivity contribution in [1.29, 1.82) is 0 Å². The summed E-state index contributed by atoms with van der Waals surface area (Å²) in [6.07, 6.45) is -4.44. The number of benzene rings is 1. The Balaban J connectivity index is 2.02. The van der Waals surface area contributed by atoms with Gasteiger partial charge < -0.3 is 19.7 Å². The SMILES string of the molecule is CCOCC(=O)N[C@H]1CCN(c2cccc(OC(F)(F)F)c2)C1=O. The van der Waals surface area contributed by atoms with Gasteiger partial charge in [0, 0.05) is 24.9 Å². The molecule has 2 amide bonds. The van der Waals surface area contributed by atoms with Crippen LogP contribution in [0.5, 0.6) is 5.75 Å². The zero-order valence-electron chi connectivity index (χ0n) is 12.9. The maximum Gasteiger partial charge on any atom is 0.573 e. The average molecular weight is 346 g/mol. The van der Waals surface area contributed by atoms with Crippen LogP contribution in [-0.4, -0.2) is 44.0 Å². The van der Waals surface area contributed by atoms with Gasteiger partial charge in [0.05, 0.1) is 0 Å². The third kappa shape index (κ3) is 4.85. The number of halogens is 3. The molecule has 1 aliphatic heterocycles. The van der Waals surface area contributed by atoms with Crippen LogP contribution in [0.15, 0.2) is 24.3 Å². The van der Waals surface area contributed by atoms with E-state index in [9.17, 15) is 22.8 Å². The van der Waals surface area contributed by atoms with E-state index in [1.54, 1.807) is 6.92 Å². The maximum atomic E-state index is 12.3. The first kappa shape index (κ1) is 18.1. The molecule has 1 atom stereocenters. The van der Waals surface area contributed by atoms with Gasteiger partial charge in [-0.25, -0.2) is 0 Å². The summed E-state index contributed by atoms with van der Waals surface area (Å²) in [5.74, 6) is -1.20. The van der Waals surface area contributed by atoms with Crippen LogP contribution >= 0.6 is 0 Å². The smallest absolute Gasteiger partial charge is 0.406 e. The van der Waals surface area contributed by atoms with E-state index in [2.05, 4.69) is 10.1 Å². The number of carbonyl (C=O) groups is 2. The summed E-state index contributed by atoms with van der Waals surface area (Å²) < 4.78 is 45.6. The van der Waals surface area contributed by atoms with Gasteiger partial charge in [-0.1, -0.05) is 6.07 Å². The molecule has 1 aromatic carbocycles. The zero-order chi connectivity index (χ0) is 17.7. The molecule has 0 saturated carbocycles. The molecule has 9 heteroatoms. The number of rotatable bonds is 6. The van der Waals surface area contributed by atoms with Gasteiger partial charge in [-0.05, 0) is 25.5 Å². The molecule has 0 unspecified atom stereocenters. The molecule has 1 fully saturated rings. The van der Waals surface area contributed by atoms with Gasteiger partial charge in [-0.3, -0.25) is 9.59 Å². The summed E-state index contributed by atoms with van der Waals surface area (Å²) in [5.41, 5.74) is 0.281. The summed E-state index contributed by atoms with van der Waals surface area (Å²) in [4.78, 5) is 25.2. The zero-order valence-corrected chi connectivity index (χ0v) is 12.9. The van der Waals surface area contributed by atoms with Crippen molar-refractivity contribution in [3.63, 3.8) is 0 Å². The minimum absolute atomic E-state index is 0.144. The Morgan fingerprint density at radius 1 is 1.42 bits per heavy atom. The molecule has 1 heterocycles. The number of hydrogen-bond acceptors (Lipinski definition) is 4. The van der Waals surface area contributed by atoms with E-state index >= 15 is 0 Å². The predicted octanol–water partition coefficient (Wildman–Crippen LogP) is 1.84. The van der Waals surface area contributed by atoms with Crippen molar-refractivity contribution >= 4 is 17.5 Å². The van der Waals surface area contributed by atoms with Crippen molar-refractivity contribution in [2.75, 3.05) is 24.7 Å². The molecule has 0 bridgehead atoms. The molecule has 1 aromatic rings. The minimum Gasteiger partial charge on any atom is -0.406 e. The summed E-state index contributed by atoms with van der Waals surface area (Å²) >= 11 is 0. The van der Waals surface area contributed by atoms with Gasteiger partial charge in [0.2, 0.25) is 11.8 Å². The van der Waals surface area contributed by atoms with Gasteiger partial charge in [0.15, 0.2) is 0 Å². The molecular weight excluding hydrogens is 329 g/mol. The summed E-state index contributed by atoms with van der Waals surface area (Å²) in [5, 5.41) is 2.55. The third-order valence-electron chi connectivity index (χ3n) is 3.34. The van der Waals surface area contributed by atoms with Crippen LogP contribution in [0, 0.1) is 0 Å². The molecule has 24 heavy (non-hydrogen) atoms. The Morgan fingerprint density at radius 2 is 2.17 bits per heavy atom. The van der Waals surface area contributed by atoms with E-state index in [0.717, 1.165) is 12.1 Å². The first-order chi connectivity index (χ1) is 11.3. The largest absolute Gasteiger partial charge is 0.573 e. The Morgan fingerprint density at radius 3 is 2.83 bits per heavy atom. The first-order valence-corrected chi connectivity index (χ1v) is 7.34. The predicted molar refractivity (Wildman–Crippen MR) is 78.5 cm³/mol. The topological polar surface area (TPSA) is 67.9 Å². The highest BCUT2D eigenvalue weighted by molar-refractivity contribution is 6.01. The van der Waals surface area contributed by atoms with Crippen molar-refractivity contribution in [3.05, 3.63) is 24.3 Å². The maximum absolute atomic E-state index is 12.3. The molecule has 1 aliphatic rings. The van der Waals surface area contributed by atoms with E-state index in [-0.39, 0.29) is 24.7 Å². The molecule has 6 nitrogen and oxygen atoms in total. The van der Waals surface area contributed by atoms with Crippen LogP contribution in [0.1, 0.15) is 13.3 Å². The van der Waals surface area contributed by atoms with Gasteiger partial charge >= 0.3 is 6.36 Å². The van der Waals surface area contributed by atoms with Crippen molar-refractivity contribution < 1.29 is 32.2 Å². The van der Waals surface area contributed by atoms with Gasteiger partial charge in [0.25, 0.3) is 0 Å². The Bertz CT molecular complexity index is 607. The van der Waals surface area contributed by atoms with Gasteiger partial charge in [-0.15, -0.1) is 13.2 Å². The van der Waals surface area contributed by atoms with E-state index in [1.807, 2.05) is 0 Å². The highest BCUT2D eigenvalue weighted by Gasteiger charge is 2.35. The second kappa shape index (κ2) is 7.52. The normalized spacial score (nSPS) is 17.9. The molecule has 0 spiro atoms. The fraction of sp³-hybridized carbons (Fsp3) is 0.467. The second-order valence-electron chi connectivity index (χ2n) is 5.08. The van der Waals surface area contributed by atoms with Crippen molar-refractivity contribution in [3.8, 4) is 5.75 Å². The van der Waals surface area contributed by atoms with Crippen molar-refractivity contribution in [1.82, 2.24) is 5.32 Å². The number of carbonyl (C=O) groups excluding carboxylic acids is 2. The van der Waals surface area contributed by atoms with Crippen LogP contribution in [0.4, 0.5) is 18.9 Å². The number of hydrogen-bond donors (Lipinski definition) is 1. The Hall–Kier alpha value is -2.29. The first-order valence-electron chi connectivity index (χ1n) is 7.34. The lowest BCUT2D eigenvalue weighted by molar-refractivity contribution is -0.274. The van der Waals surface area contributed by atoms with E-state index in [1.165, 1.54) is 17.0 Å². The quantitative estimate of drug-likeness (QED) is 0.854. The molecule has 1 N–H and O–H groups in total. The lowest BCUT2D eigenvalue weighted by atomic mass is 10.2. The number of nitrogens with one attached hydrogen (secondary N) is 1. The van der Waals surface area contributed by atoms with Gasteiger partial charge in [0.1, 0.15) is 18.4 Å². The van der Waals surface area contributed by atoms with Gasteiger partial charge in [-0.2, -0.15) is 0 Å². The molecule has 0 aromatic heterocycles. The fourth-order valence-corrected chi connectivity index (χ4v) is 2.35. The molecule has 2 rings (SSSR count). The van der Waals surface area contributed by atoms with Crippen molar-refractivity contribution in [2.45, 2.75) is 25.7 Å². The van der Waals surface area contributed by atoms with Crippen LogP contribution < -0.4 is 15.0 Å². The standard InChI is InChI=1S/C15H17F3N2O4/c1-2-23-9-13(21)19-12-6-7-20(14(12)22)10-4-3-5-11(8-10)24-15(16,17)18/h3-5,8,12H,2,6-7,9H2,1H3,(H,19,21)/t12-/m0/s1. The molecular formula is C15H17F3N2O4. The van der Waals surface area contributed by atoms with Crippen LogP contribution in [-0.2, 0) is 14.3 Å². The second-order valence-corrected chi connectivity index (χ2v) is 5.08. The minimum atomic E-state index is -4.80. The molecule has 1 saturated heterocycles. The lowest BCUT2D eigenvalue weighted by Crippen LogP contribution is -2.43. The number of amides is 2. The van der Waals surface area contributed by atoms with E-state index in [4.69, 9.17) is 4.74 Å². The van der Waals surface area contributed by atoms with Crippen LogP contribution in [0.2, 0.25) is 0 Å². The fourth-order valence-electron chi connectivity index (χ4n) is 2.35.